The molecule has 1 aliphatic rings. The number of nitrogens with one attached hydrogen (secondary N) is 1. The highest BCUT2D eigenvalue weighted by atomic mass is 19.3. The quantitative estimate of drug-likeness (QED) is 0.606. The molecule has 24 heavy (non-hydrogen) atoms. The molecule has 1 aliphatic heterocycles. The Morgan fingerprint density at radius 2 is 2.17 bits per heavy atom. The van der Waals surface area contributed by atoms with Crippen LogP contribution in [-0.4, -0.2) is 37.6 Å². The largest absolute Gasteiger partial charge is 0.434 e. The van der Waals surface area contributed by atoms with Crippen LogP contribution in [0.15, 0.2) is 24.3 Å². The maximum atomic E-state index is 12.4. The second kappa shape index (κ2) is 8.36. The predicted octanol–water partition coefficient (Wildman–Crippen LogP) is 1.91. The van der Waals surface area contributed by atoms with Crippen LogP contribution in [0.3, 0.4) is 0 Å². The lowest BCUT2D eigenvalue weighted by Crippen LogP contribution is -2.38. The van der Waals surface area contributed by atoms with Crippen molar-refractivity contribution in [3.05, 3.63) is 29.8 Å². The first kappa shape index (κ1) is 17.8. The number of ether oxygens (including phenoxy) is 2. The average Bonchev–Trinajstić information content (AvgIpc) is 3.07. The predicted molar refractivity (Wildman–Crippen MR) is 78.5 cm³/mol. The molecule has 1 fully saturated rings. The molecule has 0 saturated carbocycles. The van der Waals surface area contributed by atoms with E-state index in [0.717, 1.165) is 12.8 Å². The third-order valence-electron chi connectivity index (χ3n) is 3.55. The Labute approximate surface area is 137 Å². The summed E-state index contributed by atoms with van der Waals surface area (Å²) in [4.78, 5) is 24.5. The van der Waals surface area contributed by atoms with E-state index in [4.69, 9.17) is 10.00 Å². The topological polar surface area (TPSA) is 88.4 Å². The first-order valence-corrected chi connectivity index (χ1v) is 7.40. The number of carbonyl (C=O) groups is 2. The van der Waals surface area contributed by atoms with Gasteiger partial charge < -0.3 is 14.8 Å². The van der Waals surface area contributed by atoms with Crippen LogP contribution >= 0.6 is 0 Å². The molecule has 0 bridgehead atoms. The number of alkyl halides is 2. The fourth-order valence-corrected chi connectivity index (χ4v) is 2.38. The van der Waals surface area contributed by atoms with Gasteiger partial charge in [0.2, 0.25) is 5.91 Å². The highest BCUT2D eigenvalue weighted by Crippen LogP contribution is 2.23. The van der Waals surface area contributed by atoms with Crippen molar-refractivity contribution in [2.45, 2.75) is 25.6 Å². The summed E-state index contributed by atoms with van der Waals surface area (Å²) in [5.74, 6) is -3.69. The fourth-order valence-electron chi connectivity index (χ4n) is 2.38. The molecular formula is C16H16F2N2O4. The van der Waals surface area contributed by atoms with Gasteiger partial charge in [0, 0.05) is 13.2 Å². The number of hydrogen-bond donors (Lipinski definition) is 1. The van der Waals surface area contributed by atoms with E-state index in [2.05, 4.69) is 10.1 Å². The summed E-state index contributed by atoms with van der Waals surface area (Å²) in [6.07, 6.45) is 1.54. The van der Waals surface area contributed by atoms with Crippen LogP contribution in [0, 0.1) is 17.2 Å². The lowest BCUT2D eigenvalue weighted by atomic mass is 9.97. The summed E-state index contributed by atoms with van der Waals surface area (Å²) in [6, 6.07) is 6.87. The van der Waals surface area contributed by atoms with Gasteiger partial charge in [-0.15, -0.1) is 0 Å². The standard InChI is InChI=1S/C16H16F2N2O4/c17-16(18)24-13-6-2-1-5-11(13)14(21)12(8-19)15(22)20-9-10-4-3-7-23-10/h1-2,5-6,10,12,16H,3-4,7,9H2,(H,20,22)/t10-,12-/m0/s1. The lowest BCUT2D eigenvalue weighted by molar-refractivity contribution is -0.122. The van der Waals surface area contributed by atoms with Gasteiger partial charge in [0.25, 0.3) is 0 Å². The molecular weight excluding hydrogens is 322 g/mol. The van der Waals surface area contributed by atoms with Crippen molar-refractivity contribution in [1.82, 2.24) is 5.32 Å². The Morgan fingerprint density at radius 3 is 2.79 bits per heavy atom. The summed E-state index contributed by atoms with van der Waals surface area (Å²) in [7, 11) is 0. The van der Waals surface area contributed by atoms with Gasteiger partial charge in [0.1, 0.15) is 5.75 Å². The molecule has 0 radical (unpaired) electrons. The van der Waals surface area contributed by atoms with Crippen LogP contribution in [0.4, 0.5) is 8.78 Å². The SMILES string of the molecule is N#C[C@H](C(=O)NC[C@@H]1CCCO1)C(=O)c1ccccc1OC(F)F. The Morgan fingerprint density at radius 1 is 1.42 bits per heavy atom. The molecule has 0 unspecified atom stereocenters. The number of amides is 1. The Hall–Kier alpha value is -2.53. The number of hydrogen-bond acceptors (Lipinski definition) is 5. The summed E-state index contributed by atoms with van der Waals surface area (Å²) in [5, 5.41) is 11.6. The van der Waals surface area contributed by atoms with Crippen molar-refractivity contribution in [1.29, 1.82) is 5.26 Å². The van der Waals surface area contributed by atoms with Crippen LogP contribution in [0.5, 0.6) is 5.75 Å². The van der Waals surface area contributed by atoms with Gasteiger partial charge in [-0.1, -0.05) is 12.1 Å². The third kappa shape index (κ3) is 4.49. The highest BCUT2D eigenvalue weighted by Gasteiger charge is 2.30. The van der Waals surface area contributed by atoms with Crippen molar-refractivity contribution < 1.29 is 27.8 Å². The van der Waals surface area contributed by atoms with E-state index >= 15 is 0 Å². The molecule has 0 spiro atoms. The lowest BCUT2D eigenvalue weighted by Gasteiger charge is -2.14. The maximum absolute atomic E-state index is 12.4. The number of nitriles is 1. The number of para-hydroxylation sites is 1. The fraction of sp³-hybridized carbons (Fsp3) is 0.438. The maximum Gasteiger partial charge on any atom is 0.387 e. The van der Waals surface area contributed by atoms with Gasteiger partial charge in [-0.2, -0.15) is 14.0 Å². The van der Waals surface area contributed by atoms with Crippen molar-refractivity contribution in [3.63, 3.8) is 0 Å². The number of nitrogens with zero attached hydrogens (tertiary/aromatic N) is 1. The molecule has 0 aromatic heterocycles. The highest BCUT2D eigenvalue weighted by molar-refractivity contribution is 6.13. The van der Waals surface area contributed by atoms with Crippen LogP contribution in [0.2, 0.25) is 0 Å². The molecule has 8 heteroatoms. The van der Waals surface area contributed by atoms with Gasteiger partial charge in [0.15, 0.2) is 11.7 Å². The van der Waals surface area contributed by atoms with Gasteiger partial charge in [0.05, 0.1) is 17.7 Å². The monoisotopic (exact) mass is 338 g/mol. The smallest absolute Gasteiger partial charge is 0.387 e. The van der Waals surface area contributed by atoms with Crippen molar-refractivity contribution in [2.75, 3.05) is 13.2 Å². The molecule has 2 atom stereocenters. The number of Topliss-reactive ketones (excluding diaryl/α,β-unsaturated/α-hetero) is 1. The molecule has 6 nitrogen and oxygen atoms in total. The second-order valence-corrected chi connectivity index (χ2v) is 5.18. The van der Waals surface area contributed by atoms with Gasteiger partial charge >= 0.3 is 6.61 Å². The van der Waals surface area contributed by atoms with Crippen molar-refractivity contribution in [2.24, 2.45) is 5.92 Å². The second-order valence-electron chi connectivity index (χ2n) is 5.18. The number of ketones is 1. The summed E-state index contributed by atoms with van der Waals surface area (Å²) in [6.45, 7) is -2.31. The van der Waals surface area contributed by atoms with E-state index in [1.165, 1.54) is 24.3 Å². The van der Waals surface area contributed by atoms with Crippen LogP contribution in [-0.2, 0) is 9.53 Å². The zero-order valence-electron chi connectivity index (χ0n) is 12.7. The van der Waals surface area contributed by atoms with Gasteiger partial charge in [-0.3, -0.25) is 9.59 Å². The normalized spacial score (nSPS) is 18.0. The van der Waals surface area contributed by atoms with Crippen molar-refractivity contribution >= 4 is 11.7 Å². The number of rotatable bonds is 7. The molecule has 1 saturated heterocycles. The molecule has 2 rings (SSSR count). The Bertz CT molecular complexity index is 639. The molecule has 1 aromatic rings. The van der Waals surface area contributed by atoms with Crippen LogP contribution in [0.25, 0.3) is 0 Å². The van der Waals surface area contributed by atoms with E-state index in [1.54, 1.807) is 6.07 Å². The zero-order chi connectivity index (χ0) is 17.5. The Balaban J connectivity index is 2.08. The number of halogens is 2. The summed E-state index contributed by atoms with van der Waals surface area (Å²) < 4.78 is 34.4. The zero-order valence-corrected chi connectivity index (χ0v) is 12.7. The molecule has 1 aromatic carbocycles. The number of benzene rings is 1. The average molecular weight is 338 g/mol. The molecule has 1 heterocycles. The first-order chi connectivity index (χ1) is 11.5. The van der Waals surface area contributed by atoms with E-state index < -0.39 is 24.2 Å². The van der Waals surface area contributed by atoms with Crippen molar-refractivity contribution in [3.8, 4) is 11.8 Å². The molecule has 1 N–H and O–H groups in total. The molecule has 1 amide bonds. The van der Waals surface area contributed by atoms with Gasteiger partial charge in [-0.25, -0.2) is 0 Å². The molecule has 0 aliphatic carbocycles. The third-order valence-corrected chi connectivity index (χ3v) is 3.55. The minimum absolute atomic E-state index is 0.141. The minimum Gasteiger partial charge on any atom is -0.434 e. The minimum atomic E-state index is -3.12. The van der Waals surface area contributed by atoms with Crippen LogP contribution < -0.4 is 10.1 Å². The van der Waals surface area contributed by atoms with E-state index in [1.807, 2.05) is 0 Å². The van der Waals surface area contributed by atoms with Crippen LogP contribution in [0.1, 0.15) is 23.2 Å². The van der Waals surface area contributed by atoms with E-state index in [0.29, 0.717) is 6.61 Å². The van der Waals surface area contributed by atoms with E-state index in [9.17, 15) is 18.4 Å². The Kier molecular flexibility index (Phi) is 6.21. The van der Waals surface area contributed by atoms with Gasteiger partial charge in [-0.05, 0) is 25.0 Å². The molecule has 128 valence electrons. The first-order valence-electron chi connectivity index (χ1n) is 7.40. The summed E-state index contributed by atoms with van der Waals surface area (Å²) in [5.41, 5.74) is -0.239. The van der Waals surface area contributed by atoms with E-state index in [-0.39, 0.29) is 24.0 Å². The number of carbonyl (C=O) groups excluding carboxylic acids is 2. The summed E-state index contributed by atoms with van der Waals surface area (Å²) >= 11 is 0.